The van der Waals surface area contributed by atoms with E-state index in [1.807, 2.05) is 17.5 Å². The van der Waals surface area contributed by atoms with Gasteiger partial charge >= 0.3 is 6.18 Å². The Bertz CT molecular complexity index is 717. The van der Waals surface area contributed by atoms with E-state index in [1.165, 1.54) is 22.7 Å². The van der Waals surface area contributed by atoms with Crippen LogP contribution in [0.4, 0.5) is 18.3 Å². The summed E-state index contributed by atoms with van der Waals surface area (Å²) in [5, 5.41) is 9.03. The molecule has 2 heterocycles. The van der Waals surface area contributed by atoms with Gasteiger partial charge in [-0.3, -0.25) is 9.59 Å². The molecule has 0 atom stereocenters. The lowest BCUT2D eigenvalue weighted by molar-refractivity contribution is -0.173. The molecule has 142 valence electrons. The second-order valence-corrected chi connectivity index (χ2v) is 7.03. The molecule has 0 saturated carbocycles. The van der Waals surface area contributed by atoms with Crippen LogP contribution in [0, 0.1) is 0 Å². The number of alkyl halides is 3. The molecule has 2 rings (SSSR count). The van der Waals surface area contributed by atoms with Gasteiger partial charge in [-0.05, 0) is 11.4 Å². The van der Waals surface area contributed by atoms with Crippen molar-refractivity contribution < 1.29 is 27.5 Å². The second kappa shape index (κ2) is 9.64. The number of halogens is 3. The van der Waals surface area contributed by atoms with Crippen molar-refractivity contribution >= 4 is 39.6 Å². The normalized spacial score (nSPS) is 11.3. The number of amides is 2. The number of nitrogens with one attached hydrogen (secondary N) is 2. The van der Waals surface area contributed by atoms with Gasteiger partial charge in [-0.15, -0.1) is 22.7 Å². The van der Waals surface area contributed by atoms with Crippen molar-refractivity contribution in [3.05, 3.63) is 33.5 Å². The van der Waals surface area contributed by atoms with Gasteiger partial charge in [0, 0.05) is 16.8 Å². The van der Waals surface area contributed by atoms with Crippen LogP contribution in [0.1, 0.15) is 10.6 Å². The van der Waals surface area contributed by atoms with E-state index in [1.54, 1.807) is 5.38 Å². The maximum atomic E-state index is 11.9. The van der Waals surface area contributed by atoms with Crippen LogP contribution >= 0.6 is 22.7 Å². The van der Waals surface area contributed by atoms with E-state index >= 15 is 0 Å². The number of nitrogens with zero attached hydrogens (tertiary/aromatic N) is 1. The van der Waals surface area contributed by atoms with Gasteiger partial charge in [0.25, 0.3) is 0 Å². The van der Waals surface area contributed by atoms with Gasteiger partial charge in [0.1, 0.15) is 6.61 Å². The Morgan fingerprint density at radius 3 is 2.69 bits per heavy atom. The van der Waals surface area contributed by atoms with Gasteiger partial charge in [-0.25, -0.2) is 4.98 Å². The van der Waals surface area contributed by atoms with E-state index in [9.17, 15) is 22.8 Å². The minimum absolute atomic E-state index is 0.0243. The highest BCUT2D eigenvalue weighted by Crippen LogP contribution is 2.17. The topological polar surface area (TPSA) is 80.3 Å². The van der Waals surface area contributed by atoms with Gasteiger partial charge in [-0.2, -0.15) is 13.2 Å². The predicted octanol–water partition coefficient (Wildman–Crippen LogP) is 2.62. The number of anilines is 1. The summed E-state index contributed by atoms with van der Waals surface area (Å²) in [6, 6.07) is 3.72. The molecular weight excluding hydrogens is 391 g/mol. The molecular formula is C15H16F3N3O3S2. The summed E-state index contributed by atoms with van der Waals surface area (Å²) in [6.45, 7) is -1.60. The molecule has 2 N–H and O–H groups in total. The van der Waals surface area contributed by atoms with Crippen molar-refractivity contribution in [2.75, 3.05) is 25.1 Å². The van der Waals surface area contributed by atoms with Crippen LogP contribution in [-0.4, -0.2) is 42.7 Å². The number of thiophene rings is 1. The van der Waals surface area contributed by atoms with Gasteiger partial charge in [0.15, 0.2) is 5.13 Å². The molecule has 0 aliphatic carbocycles. The SMILES string of the molecule is O=C(Cc1csc(NC(=O)Cc2cccs2)n1)NCCOCC(F)(F)F. The largest absolute Gasteiger partial charge is 0.411 e. The van der Waals surface area contributed by atoms with Crippen LogP contribution < -0.4 is 10.6 Å². The maximum Gasteiger partial charge on any atom is 0.411 e. The zero-order valence-electron chi connectivity index (χ0n) is 13.5. The first-order valence-corrected chi connectivity index (χ1v) is 9.25. The Kier molecular flexibility index (Phi) is 7.54. The van der Waals surface area contributed by atoms with Crippen LogP contribution in [0.15, 0.2) is 22.9 Å². The van der Waals surface area contributed by atoms with Crippen LogP contribution in [0.3, 0.4) is 0 Å². The summed E-state index contributed by atoms with van der Waals surface area (Å²) in [6.07, 6.45) is -4.16. The summed E-state index contributed by atoms with van der Waals surface area (Å²) in [7, 11) is 0. The Hall–Kier alpha value is -1.98. The Morgan fingerprint density at radius 2 is 2.00 bits per heavy atom. The highest BCUT2D eigenvalue weighted by molar-refractivity contribution is 7.14. The molecule has 11 heteroatoms. The molecule has 6 nitrogen and oxygen atoms in total. The molecule has 0 unspecified atom stereocenters. The van der Waals surface area contributed by atoms with Gasteiger partial charge < -0.3 is 15.4 Å². The molecule has 0 aromatic carbocycles. The summed E-state index contributed by atoms with van der Waals surface area (Å²) in [5.74, 6) is -0.581. The van der Waals surface area contributed by atoms with E-state index in [4.69, 9.17) is 0 Å². The number of carbonyl (C=O) groups is 2. The Balaban J connectivity index is 1.67. The summed E-state index contributed by atoms with van der Waals surface area (Å²) >= 11 is 2.68. The van der Waals surface area contributed by atoms with Crippen molar-refractivity contribution in [3.63, 3.8) is 0 Å². The molecule has 2 aromatic rings. The fraction of sp³-hybridized carbons (Fsp3) is 0.400. The third kappa shape index (κ3) is 7.93. The monoisotopic (exact) mass is 407 g/mol. The lowest BCUT2D eigenvalue weighted by Crippen LogP contribution is -2.30. The van der Waals surface area contributed by atoms with Crippen LogP contribution in [-0.2, 0) is 27.2 Å². The smallest absolute Gasteiger partial charge is 0.370 e. The van der Waals surface area contributed by atoms with Crippen LogP contribution in [0.25, 0.3) is 0 Å². The summed E-state index contributed by atoms with van der Waals surface area (Å²) < 4.78 is 40.0. The molecule has 2 aromatic heterocycles. The number of hydrogen-bond donors (Lipinski definition) is 2. The molecule has 26 heavy (non-hydrogen) atoms. The summed E-state index contributed by atoms with van der Waals surface area (Å²) in [4.78, 5) is 28.7. The minimum atomic E-state index is -4.38. The quantitative estimate of drug-likeness (QED) is 0.627. The highest BCUT2D eigenvalue weighted by atomic mass is 32.1. The fourth-order valence-corrected chi connectivity index (χ4v) is 3.29. The first-order valence-electron chi connectivity index (χ1n) is 7.49. The lowest BCUT2D eigenvalue weighted by atomic mass is 10.3. The van der Waals surface area contributed by atoms with E-state index in [0.29, 0.717) is 10.8 Å². The van der Waals surface area contributed by atoms with Gasteiger partial charge in [0.2, 0.25) is 11.8 Å². The average Bonchev–Trinajstić information content (AvgIpc) is 3.18. The van der Waals surface area contributed by atoms with E-state index in [-0.39, 0.29) is 37.8 Å². The summed E-state index contributed by atoms with van der Waals surface area (Å²) in [5.41, 5.74) is 0.468. The highest BCUT2D eigenvalue weighted by Gasteiger charge is 2.27. The standard InChI is InChI=1S/C15H16F3N3O3S2/c16-15(17,18)9-24-4-3-19-12(22)6-10-8-26-14(20-10)21-13(23)7-11-2-1-5-25-11/h1-2,5,8H,3-4,6-7,9H2,(H,19,22)(H,20,21,23). The third-order valence-electron chi connectivity index (χ3n) is 2.89. The predicted molar refractivity (Wildman–Crippen MR) is 92.4 cm³/mol. The number of rotatable bonds is 9. The van der Waals surface area contributed by atoms with Crippen molar-refractivity contribution in [3.8, 4) is 0 Å². The average molecular weight is 407 g/mol. The molecule has 0 fully saturated rings. The first kappa shape index (κ1) is 20.3. The van der Waals surface area contributed by atoms with E-state index in [0.717, 1.165) is 4.88 Å². The van der Waals surface area contributed by atoms with Crippen LogP contribution in [0.2, 0.25) is 0 Å². The lowest BCUT2D eigenvalue weighted by Gasteiger charge is -2.08. The number of thiazole rings is 1. The molecule has 0 bridgehead atoms. The number of carbonyl (C=O) groups excluding carboxylic acids is 2. The van der Waals surface area contributed by atoms with Gasteiger partial charge in [-0.1, -0.05) is 6.07 Å². The fourth-order valence-electron chi connectivity index (χ4n) is 1.86. The number of ether oxygens (including phenoxy) is 1. The zero-order chi connectivity index (χ0) is 19.0. The number of hydrogen-bond acceptors (Lipinski definition) is 6. The molecule has 0 spiro atoms. The zero-order valence-corrected chi connectivity index (χ0v) is 15.1. The van der Waals surface area contributed by atoms with E-state index in [2.05, 4.69) is 20.4 Å². The van der Waals surface area contributed by atoms with Crippen molar-refractivity contribution in [1.29, 1.82) is 0 Å². The maximum absolute atomic E-state index is 11.9. The van der Waals surface area contributed by atoms with Crippen molar-refractivity contribution in [1.82, 2.24) is 10.3 Å². The van der Waals surface area contributed by atoms with Crippen LogP contribution in [0.5, 0.6) is 0 Å². The third-order valence-corrected chi connectivity index (χ3v) is 4.57. The minimum Gasteiger partial charge on any atom is -0.370 e. The first-order chi connectivity index (χ1) is 12.3. The van der Waals surface area contributed by atoms with Gasteiger partial charge in [0.05, 0.1) is 25.1 Å². The van der Waals surface area contributed by atoms with Crippen molar-refractivity contribution in [2.24, 2.45) is 0 Å². The molecule has 0 aliphatic rings. The number of aromatic nitrogens is 1. The molecule has 2 amide bonds. The molecule has 0 aliphatic heterocycles. The Morgan fingerprint density at radius 1 is 1.19 bits per heavy atom. The molecule has 0 saturated heterocycles. The molecule has 0 radical (unpaired) electrons. The Labute approximate surface area is 155 Å². The van der Waals surface area contributed by atoms with Crippen molar-refractivity contribution in [2.45, 2.75) is 19.0 Å². The second-order valence-electron chi connectivity index (χ2n) is 5.14. The van der Waals surface area contributed by atoms with E-state index < -0.39 is 12.8 Å².